The molecule has 1 N–H and O–H groups in total. The number of hydrogen-bond donors (Lipinski definition) is 1. The number of para-hydroxylation sites is 1. The van der Waals surface area contributed by atoms with Crippen molar-refractivity contribution in [3.63, 3.8) is 0 Å². The predicted octanol–water partition coefficient (Wildman–Crippen LogP) is 2.20. The number of benzene rings is 1. The predicted molar refractivity (Wildman–Crippen MR) is 64.3 cm³/mol. The lowest BCUT2D eigenvalue weighted by atomic mass is 10.3. The van der Waals surface area contributed by atoms with E-state index >= 15 is 0 Å². The fourth-order valence-electron chi connectivity index (χ4n) is 1.02. The quantitative estimate of drug-likeness (QED) is 0.468. The van der Waals surface area contributed by atoms with Gasteiger partial charge >= 0.3 is 5.97 Å². The van der Waals surface area contributed by atoms with Gasteiger partial charge in [0.25, 0.3) is 0 Å². The van der Waals surface area contributed by atoms with Crippen LogP contribution in [0.15, 0.2) is 48.1 Å². The van der Waals surface area contributed by atoms with Crippen molar-refractivity contribution >= 4 is 17.4 Å². The molecule has 0 aliphatic carbocycles. The normalized spacial score (nSPS) is 10.7. The minimum absolute atomic E-state index is 0.158. The largest absolute Gasteiger partial charge is 0.461 e. The van der Waals surface area contributed by atoms with E-state index in [4.69, 9.17) is 4.74 Å². The van der Waals surface area contributed by atoms with Crippen molar-refractivity contribution in [3.8, 4) is 0 Å². The van der Waals surface area contributed by atoms with Crippen LogP contribution in [0.5, 0.6) is 0 Å². The lowest BCUT2D eigenvalue weighted by molar-refractivity contribution is -0.134. The molecular weight excluding hydrogens is 204 g/mol. The highest BCUT2D eigenvalue weighted by Gasteiger charge is 2.07. The maximum Gasteiger partial charge on any atom is 0.358 e. The van der Waals surface area contributed by atoms with E-state index in [0.29, 0.717) is 6.61 Å². The van der Waals surface area contributed by atoms with Crippen molar-refractivity contribution in [1.29, 1.82) is 0 Å². The van der Waals surface area contributed by atoms with Crippen LogP contribution in [0.4, 0.5) is 5.69 Å². The standard InChI is InChI=1S/C12H14N2O2/c1-3-11(12(15)16-4-2)14-13-10-8-6-5-7-9-10/h3,5-9,13H,1,4H2,2H3/b14-11+. The smallest absolute Gasteiger partial charge is 0.358 e. The van der Waals surface area contributed by atoms with Crippen LogP contribution in [0.25, 0.3) is 0 Å². The number of ether oxygens (including phenoxy) is 1. The number of rotatable bonds is 5. The second-order valence-electron chi connectivity index (χ2n) is 2.90. The molecule has 0 spiro atoms. The van der Waals surface area contributed by atoms with Gasteiger partial charge in [0.15, 0.2) is 5.71 Å². The van der Waals surface area contributed by atoms with E-state index in [0.717, 1.165) is 5.69 Å². The second-order valence-corrected chi connectivity index (χ2v) is 2.90. The molecule has 0 atom stereocenters. The summed E-state index contributed by atoms with van der Waals surface area (Å²) >= 11 is 0. The van der Waals surface area contributed by atoms with Crippen LogP contribution in [-0.2, 0) is 9.53 Å². The SMILES string of the molecule is C=C/C(=N\Nc1ccccc1)C(=O)OCC. The lowest BCUT2D eigenvalue weighted by Crippen LogP contribution is -2.16. The summed E-state index contributed by atoms with van der Waals surface area (Å²) in [5.74, 6) is -0.485. The Morgan fingerprint density at radius 3 is 2.75 bits per heavy atom. The molecule has 1 rings (SSSR count). The van der Waals surface area contributed by atoms with Crippen molar-refractivity contribution in [2.75, 3.05) is 12.0 Å². The number of nitrogens with one attached hydrogen (secondary N) is 1. The Labute approximate surface area is 94.6 Å². The molecule has 0 unspecified atom stereocenters. The minimum atomic E-state index is -0.485. The number of anilines is 1. The van der Waals surface area contributed by atoms with Crippen molar-refractivity contribution in [3.05, 3.63) is 43.0 Å². The molecule has 0 heterocycles. The van der Waals surface area contributed by atoms with Crippen LogP contribution in [0, 0.1) is 0 Å². The van der Waals surface area contributed by atoms with Crippen molar-refractivity contribution in [1.82, 2.24) is 0 Å². The van der Waals surface area contributed by atoms with Crippen LogP contribution in [0.1, 0.15) is 6.92 Å². The third kappa shape index (κ3) is 3.57. The van der Waals surface area contributed by atoms with Gasteiger partial charge in [-0.2, -0.15) is 5.10 Å². The molecule has 0 aromatic heterocycles. The highest BCUT2D eigenvalue weighted by molar-refractivity contribution is 6.41. The highest BCUT2D eigenvalue weighted by Crippen LogP contribution is 2.04. The summed E-state index contributed by atoms with van der Waals surface area (Å²) in [5.41, 5.74) is 3.71. The summed E-state index contributed by atoms with van der Waals surface area (Å²) < 4.78 is 4.80. The summed E-state index contributed by atoms with van der Waals surface area (Å²) in [6.45, 7) is 5.56. The van der Waals surface area contributed by atoms with Gasteiger partial charge in [0.05, 0.1) is 12.3 Å². The number of carbonyl (C=O) groups excluding carboxylic acids is 1. The van der Waals surface area contributed by atoms with E-state index in [9.17, 15) is 4.79 Å². The third-order valence-corrected chi connectivity index (χ3v) is 1.76. The summed E-state index contributed by atoms with van der Waals surface area (Å²) in [7, 11) is 0. The van der Waals surface area contributed by atoms with Gasteiger partial charge in [-0.05, 0) is 25.1 Å². The zero-order valence-corrected chi connectivity index (χ0v) is 9.14. The molecule has 0 aliphatic heterocycles. The lowest BCUT2D eigenvalue weighted by Gasteiger charge is -2.03. The molecule has 0 radical (unpaired) electrons. The van der Waals surface area contributed by atoms with Crippen LogP contribution in [0.3, 0.4) is 0 Å². The van der Waals surface area contributed by atoms with Crippen LogP contribution >= 0.6 is 0 Å². The summed E-state index contributed by atoms with van der Waals surface area (Å²) in [5, 5.41) is 3.91. The van der Waals surface area contributed by atoms with E-state index in [1.54, 1.807) is 6.92 Å². The first-order valence-electron chi connectivity index (χ1n) is 4.96. The number of hydrogen-bond acceptors (Lipinski definition) is 4. The van der Waals surface area contributed by atoms with E-state index in [1.165, 1.54) is 6.08 Å². The number of nitrogens with zero attached hydrogens (tertiary/aromatic N) is 1. The average Bonchev–Trinajstić information content (AvgIpc) is 2.31. The fourth-order valence-corrected chi connectivity index (χ4v) is 1.02. The molecule has 0 saturated carbocycles. The first-order valence-corrected chi connectivity index (χ1v) is 4.96. The summed E-state index contributed by atoms with van der Waals surface area (Å²) in [6, 6.07) is 9.32. The van der Waals surface area contributed by atoms with E-state index in [2.05, 4.69) is 17.1 Å². The molecule has 0 bridgehead atoms. The minimum Gasteiger partial charge on any atom is -0.461 e. The van der Waals surface area contributed by atoms with Crippen molar-refractivity contribution in [2.24, 2.45) is 5.10 Å². The molecule has 16 heavy (non-hydrogen) atoms. The third-order valence-electron chi connectivity index (χ3n) is 1.76. The maximum absolute atomic E-state index is 11.3. The van der Waals surface area contributed by atoms with Crippen molar-refractivity contribution in [2.45, 2.75) is 6.92 Å². The van der Waals surface area contributed by atoms with Gasteiger partial charge in [-0.1, -0.05) is 24.8 Å². The molecular formula is C12H14N2O2. The Morgan fingerprint density at radius 2 is 2.19 bits per heavy atom. The first kappa shape index (κ1) is 12.0. The molecule has 0 fully saturated rings. The average molecular weight is 218 g/mol. The molecule has 0 saturated heterocycles. The molecule has 1 aromatic carbocycles. The van der Waals surface area contributed by atoms with E-state index < -0.39 is 5.97 Å². The summed E-state index contributed by atoms with van der Waals surface area (Å²) in [6.07, 6.45) is 1.36. The van der Waals surface area contributed by atoms with Gasteiger partial charge in [0.2, 0.25) is 0 Å². The molecule has 84 valence electrons. The Kier molecular flexibility index (Phi) is 4.79. The Bertz CT molecular complexity index is 385. The maximum atomic E-state index is 11.3. The Hall–Kier alpha value is -2.10. The van der Waals surface area contributed by atoms with Crippen molar-refractivity contribution < 1.29 is 9.53 Å². The Morgan fingerprint density at radius 1 is 1.50 bits per heavy atom. The molecule has 4 heteroatoms. The van der Waals surface area contributed by atoms with Gasteiger partial charge in [0, 0.05) is 0 Å². The zero-order chi connectivity index (χ0) is 11.8. The van der Waals surface area contributed by atoms with Gasteiger partial charge in [-0.25, -0.2) is 4.79 Å². The molecule has 0 amide bonds. The number of carbonyl (C=O) groups is 1. The zero-order valence-electron chi connectivity index (χ0n) is 9.14. The van der Waals surface area contributed by atoms with E-state index in [-0.39, 0.29) is 5.71 Å². The van der Waals surface area contributed by atoms with Gasteiger partial charge in [0.1, 0.15) is 0 Å². The molecule has 1 aromatic rings. The molecule has 0 aliphatic rings. The monoisotopic (exact) mass is 218 g/mol. The van der Waals surface area contributed by atoms with E-state index in [1.807, 2.05) is 30.3 Å². The molecule has 4 nitrogen and oxygen atoms in total. The topological polar surface area (TPSA) is 50.7 Å². The second kappa shape index (κ2) is 6.40. The van der Waals surface area contributed by atoms with Crippen LogP contribution < -0.4 is 5.43 Å². The van der Waals surface area contributed by atoms with Gasteiger partial charge in [-0.15, -0.1) is 0 Å². The van der Waals surface area contributed by atoms with Gasteiger partial charge in [-0.3, -0.25) is 5.43 Å². The number of hydrazone groups is 1. The fraction of sp³-hybridized carbons (Fsp3) is 0.167. The highest BCUT2D eigenvalue weighted by atomic mass is 16.5. The van der Waals surface area contributed by atoms with Crippen LogP contribution in [0.2, 0.25) is 0 Å². The first-order chi connectivity index (χ1) is 7.77. The summed E-state index contributed by atoms with van der Waals surface area (Å²) in [4.78, 5) is 11.3. The Balaban J connectivity index is 2.67. The van der Waals surface area contributed by atoms with Gasteiger partial charge < -0.3 is 4.74 Å². The number of esters is 1. The van der Waals surface area contributed by atoms with Crippen LogP contribution in [-0.4, -0.2) is 18.3 Å².